The van der Waals surface area contributed by atoms with Crippen molar-refractivity contribution >= 4 is 5.91 Å². The number of amides is 1. The van der Waals surface area contributed by atoms with Crippen LogP contribution in [0.1, 0.15) is 55.4 Å². The molecular weight excluding hydrogens is 368 g/mol. The predicted molar refractivity (Wildman–Crippen MR) is 104 cm³/mol. The number of aromatic nitrogens is 7. The molecule has 2 aliphatic rings. The van der Waals surface area contributed by atoms with E-state index in [1.807, 2.05) is 29.2 Å². The summed E-state index contributed by atoms with van der Waals surface area (Å²) in [7, 11) is 0. The molecule has 9 heteroatoms. The van der Waals surface area contributed by atoms with E-state index in [-0.39, 0.29) is 11.9 Å². The van der Waals surface area contributed by atoms with E-state index in [0.717, 1.165) is 68.1 Å². The van der Waals surface area contributed by atoms with E-state index in [2.05, 4.69) is 30.3 Å². The lowest BCUT2D eigenvalue weighted by Gasteiger charge is -2.35. The number of benzene rings is 1. The molecule has 0 radical (unpaired) electrons. The van der Waals surface area contributed by atoms with E-state index in [1.54, 1.807) is 11.0 Å². The highest BCUT2D eigenvalue weighted by Crippen LogP contribution is 2.32. The lowest BCUT2D eigenvalue weighted by atomic mass is 9.99. The van der Waals surface area contributed by atoms with Gasteiger partial charge in [-0.05, 0) is 60.2 Å². The van der Waals surface area contributed by atoms with Crippen LogP contribution in [0.3, 0.4) is 0 Å². The Kier molecular flexibility index (Phi) is 4.79. The van der Waals surface area contributed by atoms with E-state index < -0.39 is 0 Å². The van der Waals surface area contributed by atoms with Gasteiger partial charge in [-0.3, -0.25) is 4.79 Å². The second-order valence-corrected chi connectivity index (χ2v) is 7.78. The molecule has 1 unspecified atom stereocenters. The molecule has 29 heavy (non-hydrogen) atoms. The molecule has 5 rings (SSSR count). The number of piperidine rings is 1. The number of hydrogen-bond acceptors (Lipinski definition) is 6. The van der Waals surface area contributed by atoms with Gasteiger partial charge in [0.15, 0.2) is 5.82 Å². The molecule has 0 spiro atoms. The molecule has 1 aromatic carbocycles. The van der Waals surface area contributed by atoms with Gasteiger partial charge in [0, 0.05) is 19.5 Å². The summed E-state index contributed by atoms with van der Waals surface area (Å²) in [4.78, 5) is 15.2. The lowest BCUT2D eigenvalue weighted by molar-refractivity contribution is -0.134. The Hall–Kier alpha value is -3.10. The van der Waals surface area contributed by atoms with Crippen LogP contribution in [0.15, 0.2) is 30.6 Å². The average molecular weight is 392 g/mol. The highest BCUT2D eigenvalue weighted by molar-refractivity contribution is 5.79. The van der Waals surface area contributed by atoms with E-state index >= 15 is 0 Å². The highest BCUT2D eigenvalue weighted by Gasteiger charge is 2.32. The third-order valence-corrected chi connectivity index (χ3v) is 5.91. The Morgan fingerprint density at radius 3 is 2.72 bits per heavy atom. The van der Waals surface area contributed by atoms with Crippen LogP contribution in [0, 0.1) is 0 Å². The first-order chi connectivity index (χ1) is 14.3. The van der Waals surface area contributed by atoms with Crippen LogP contribution in [0.2, 0.25) is 0 Å². The Balaban J connectivity index is 1.33. The Morgan fingerprint density at radius 2 is 1.90 bits per heavy atom. The van der Waals surface area contributed by atoms with E-state index in [0.29, 0.717) is 6.42 Å². The van der Waals surface area contributed by atoms with E-state index in [4.69, 9.17) is 0 Å². The first-order valence-corrected chi connectivity index (χ1v) is 10.3. The molecule has 1 saturated heterocycles. The first kappa shape index (κ1) is 18.0. The van der Waals surface area contributed by atoms with Crippen LogP contribution in [0.5, 0.6) is 0 Å². The van der Waals surface area contributed by atoms with Gasteiger partial charge in [-0.2, -0.15) is 0 Å². The fourth-order valence-electron chi connectivity index (χ4n) is 4.40. The maximum atomic E-state index is 13.2. The smallest absolute Gasteiger partial charge is 0.227 e. The molecule has 0 N–H and O–H groups in total. The van der Waals surface area contributed by atoms with Gasteiger partial charge in [-0.1, -0.05) is 12.1 Å². The number of hydrogen-bond donors (Lipinski definition) is 0. The lowest BCUT2D eigenvalue weighted by Crippen LogP contribution is -2.40. The van der Waals surface area contributed by atoms with Gasteiger partial charge < -0.3 is 9.47 Å². The molecule has 1 atom stereocenters. The maximum Gasteiger partial charge on any atom is 0.227 e. The summed E-state index contributed by atoms with van der Waals surface area (Å²) in [5, 5.41) is 20.1. The summed E-state index contributed by atoms with van der Waals surface area (Å²) in [6, 6.07) is 7.83. The second-order valence-electron chi connectivity index (χ2n) is 7.78. The Bertz CT molecular complexity index is 979. The van der Waals surface area contributed by atoms with Crippen molar-refractivity contribution in [1.29, 1.82) is 0 Å². The quantitative estimate of drug-likeness (QED) is 0.673. The molecular formula is C20H24N8O. The van der Waals surface area contributed by atoms with Gasteiger partial charge >= 0.3 is 0 Å². The van der Waals surface area contributed by atoms with Crippen LogP contribution >= 0.6 is 0 Å². The monoisotopic (exact) mass is 392 g/mol. The zero-order chi connectivity index (χ0) is 19.6. The summed E-state index contributed by atoms with van der Waals surface area (Å²) in [5.41, 5.74) is 1.86. The van der Waals surface area contributed by atoms with Gasteiger partial charge in [-0.15, -0.1) is 15.3 Å². The molecule has 150 valence electrons. The largest absolute Gasteiger partial charge is 0.332 e. The predicted octanol–water partition coefficient (Wildman–Crippen LogP) is 1.89. The number of carbonyl (C=O) groups excluding carboxylic acids is 1. The average Bonchev–Trinajstić information content (AvgIpc) is 3.44. The summed E-state index contributed by atoms with van der Waals surface area (Å²) in [6.07, 6.45) is 8.38. The minimum Gasteiger partial charge on any atom is -0.332 e. The van der Waals surface area contributed by atoms with Crippen LogP contribution < -0.4 is 0 Å². The van der Waals surface area contributed by atoms with Crippen LogP contribution in [-0.4, -0.2) is 52.3 Å². The summed E-state index contributed by atoms with van der Waals surface area (Å²) < 4.78 is 3.85. The molecule has 1 fully saturated rings. The Labute approximate surface area is 168 Å². The van der Waals surface area contributed by atoms with Crippen LogP contribution in [0.25, 0.3) is 5.69 Å². The van der Waals surface area contributed by atoms with Crippen molar-refractivity contribution in [3.8, 4) is 5.69 Å². The van der Waals surface area contributed by atoms with Crippen molar-refractivity contribution in [3.05, 3.63) is 47.8 Å². The number of fused-ring (bicyclic) bond motifs is 1. The SMILES string of the molecule is O=C(Cc1ccc(-n2cnnn2)cc1)N1CCCCC1c1nnc2n1CCCC2. The standard InChI is InChI=1S/C20H24N8O/c29-19(13-15-7-9-16(10-8-15)28-14-21-24-25-28)26-11-3-1-5-17(26)20-23-22-18-6-2-4-12-27(18)20/h7-10,14,17H,1-6,11-13H2. The fourth-order valence-corrected chi connectivity index (χ4v) is 4.40. The molecule has 3 aromatic rings. The number of nitrogens with zero attached hydrogens (tertiary/aromatic N) is 8. The van der Waals surface area contributed by atoms with E-state index in [1.165, 1.54) is 6.42 Å². The third-order valence-electron chi connectivity index (χ3n) is 5.91. The zero-order valence-corrected chi connectivity index (χ0v) is 16.3. The number of rotatable bonds is 4. The maximum absolute atomic E-state index is 13.2. The molecule has 0 bridgehead atoms. The second kappa shape index (κ2) is 7.73. The minimum atomic E-state index is 0.0381. The van der Waals surface area contributed by atoms with Crippen LogP contribution in [0.4, 0.5) is 0 Å². The Morgan fingerprint density at radius 1 is 1.03 bits per heavy atom. The number of tetrazole rings is 1. The van der Waals surface area contributed by atoms with Gasteiger partial charge in [0.05, 0.1) is 18.2 Å². The summed E-state index contributed by atoms with van der Waals surface area (Å²) >= 11 is 0. The number of aryl methyl sites for hydroxylation is 1. The van der Waals surface area contributed by atoms with Crippen molar-refractivity contribution in [2.45, 2.75) is 57.5 Å². The first-order valence-electron chi connectivity index (χ1n) is 10.3. The highest BCUT2D eigenvalue weighted by atomic mass is 16.2. The minimum absolute atomic E-state index is 0.0381. The molecule has 1 amide bonds. The molecule has 0 aliphatic carbocycles. The van der Waals surface area contributed by atoms with Gasteiger partial charge in [0.1, 0.15) is 12.2 Å². The topological polar surface area (TPSA) is 94.6 Å². The third kappa shape index (κ3) is 3.52. The van der Waals surface area contributed by atoms with Crippen molar-refractivity contribution in [1.82, 2.24) is 39.9 Å². The fraction of sp³-hybridized carbons (Fsp3) is 0.500. The normalized spacial score (nSPS) is 19.2. The van der Waals surface area contributed by atoms with Gasteiger partial charge in [0.25, 0.3) is 0 Å². The van der Waals surface area contributed by atoms with Crippen molar-refractivity contribution in [3.63, 3.8) is 0 Å². The number of likely N-dealkylation sites (tertiary alicyclic amines) is 1. The van der Waals surface area contributed by atoms with Crippen molar-refractivity contribution in [2.24, 2.45) is 0 Å². The molecule has 9 nitrogen and oxygen atoms in total. The van der Waals surface area contributed by atoms with Crippen molar-refractivity contribution < 1.29 is 4.79 Å². The zero-order valence-electron chi connectivity index (χ0n) is 16.3. The molecule has 0 saturated carbocycles. The summed E-state index contributed by atoms with van der Waals surface area (Å²) in [6.45, 7) is 1.75. The number of carbonyl (C=O) groups is 1. The van der Waals surface area contributed by atoms with E-state index in [9.17, 15) is 4.79 Å². The molecule has 2 aromatic heterocycles. The van der Waals surface area contributed by atoms with Gasteiger partial charge in [-0.25, -0.2) is 4.68 Å². The van der Waals surface area contributed by atoms with Gasteiger partial charge in [0.2, 0.25) is 5.91 Å². The molecule has 4 heterocycles. The van der Waals surface area contributed by atoms with Crippen molar-refractivity contribution in [2.75, 3.05) is 6.54 Å². The summed E-state index contributed by atoms with van der Waals surface area (Å²) in [5.74, 6) is 2.20. The van der Waals surface area contributed by atoms with Crippen LogP contribution in [-0.2, 0) is 24.2 Å². The molecule has 2 aliphatic heterocycles.